The molecular weight excluding hydrogens is 338 g/mol. The fourth-order valence-corrected chi connectivity index (χ4v) is 3.27. The van der Waals surface area contributed by atoms with Gasteiger partial charge in [0.15, 0.2) is 5.96 Å². The van der Waals surface area contributed by atoms with E-state index in [-0.39, 0.29) is 6.04 Å². The second kappa shape index (κ2) is 12.0. The van der Waals surface area contributed by atoms with Crippen molar-refractivity contribution in [2.45, 2.75) is 58.6 Å². The zero-order valence-electron chi connectivity index (χ0n) is 17.5. The molecule has 1 fully saturated rings. The topological polar surface area (TPSA) is 54.9 Å². The Morgan fingerprint density at radius 3 is 2.52 bits per heavy atom. The average molecular weight is 376 g/mol. The van der Waals surface area contributed by atoms with E-state index in [0.29, 0.717) is 12.0 Å². The molecule has 2 N–H and O–H groups in total. The van der Waals surface area contributed by atoms with Crippen LogP contribution in [0, 0.1) is 5.92 Å². The first kappa shape index (κ1) is 21.7. The lowest BCUT2D eigenvalue weighted by molar-refractivity contribution is -0.0320. The SMILES string of the molecule is CN=C(NCCCOC1CCOCC1)NC(C)c1ccc(CC(C)C)cc1. The summed E-state index contributed by atoms with van der Waals surface area (Å²) in [5.41, 5.74) is 2.67. The van der Waals surface area contributed by atoms with Crippen LogP contribution in [-0.2, 0) is 15.9 Å². The second-order valence-electron chi connectivity index (χ2n) is 7.74. The van der Waals surface area contributed by atoms with Gasteiger partial charge in [0.25, 0.3) is 0 Å². The van der Waals surface area contributed by atoms with Crippen LogP contribution in [0.5, 0.6) is 0 Å². The van der Waals surface area contributed by atoms with E-state index in [1.54, 1.807) is 0 Å². The predicted octanol–water partition coefficient (Wildman–Crippen LogP) is 3.70. The zero-order chi connectivity index (χ0) is 19.5. The first-order chi connectivity index (χ1) is 13.1. The van der Waals surface area contributed by atoms with Crippen LogP contribution in [-0.4, -0.2) is 45.5 Å². The number of rotatable bonds is 9. The molecule has 0 radical (unpaired) electrons. The Kier molecular flexibility index (Phi) is 9.64. The van der Waals surface area contributed by atoms with Gasteiger partial charge >= 0.3 is 0 Å². The number of ether oxygens (including phenoxy) is 2. The molecule has 1 aromatic carbocycles. The van der Waals surface area contributed by atoms with Crippen molar-refractivity contribution in [1.29, 1.82) is 0 Å². The molecule has 152 valence electrons. The van der Waals surface area contributed by atoms with E-state index >= 15 is 0 Å². The highest BCUT2D eigenvalue weighted by Crippen LogP contribution is 2.15. The van der Waals surface area contributed by atoms with Crippen molar-refractivity contribution in [3.8, 4) is 0 Å². The Morgan fingerprint density at radius 1 is 1.19 bits per heavy atom. The predicted molar refractivity (Wildman–Crippen MR) is 112 cm³/mol. The molecule has 1 aliphatic heterocycles. The smallest absolute Gasteiger partial charge is 0.191 e. The van der Waals surface area contributed by atoms with Gasteiger partial charge in [-0.1, -0.05) is 38.1 Å². The van der Waals surface area contributed by atoms with Crippen LogP contribution < -0.4 is 10.6 Å². The molecule has 0 aliphatic carbocycles. The molecule has 0 spiro atoms. The first-order valence-corrected chi connectivity index (χ1v) is 10.3. The third kappa shape index (κ3) is 8.31. The van der Waals surface area contributed by atoms with Crippen LogP contribution in [0.3, 0.4) is 0 Å². The molecule has 5 nitrogen and oxygen atoms in total. The van der Waals surface area contributed by atoms with Gasteiger partial charge in [-0.3, -0.25) is 4.99 Å². The van der Waals surface area contributed by atoms with Crippen molar-refractivity contribution >= 4 is 5.96 Å². The summed E-state index contributed by atoms with van der Waals surface area (Å²) in [6.45, 7) is 9.96. The zero-order valence-corrected chi connectivity index (χ0v) is 17.5. The Balaban J connectivity index is 1.67. The molecule has 5 heteroatoms. The van der Waals surface area contributed by atoms with Crippen LogP contribution in [0.1, 0.15) is 57.2 Å². The minimum absolute atomic E-state index is 0.211. The number of nitrogens with one attached hydrogen (secondary N) is 2. The molecular formula is C22H37N3O2. The van der Waals surface area contributed by atoms with Crippen molar-refractivity contribution in [1.82, 2.24) is 10.6 Å². The highest BCUT2D eigenvalue weighted by molar-refractivity contribution is 5.80. The summed E-state index contributed by atoms with van der Waals surface area (Å²) in [6, 6.07) is 9.10. The molecule has 0 amide bonds. The standard InChI is InChI=1S/C22H37N3O2/c1-17(2)16-19-6-8-20(9-7-19)18(3)25-22(23-4)24-12-5-13-27-21-10-14-26-15-11-21/h6-9,17-18,21H,5,10-16H2,1-4H3,(H2,23,24,25). The van der Waals surface area contributed by atoms with Crippen LogP contribution in [0.25, 0.3) is 0 Å². The summed E-state index contributed by atoms with van der Waals surface area (Å²) in [4.78, 5) is 4.34. The highest BCUT2D eigenvalue weighted by atomic mass is 16.5. The Morgan fingerprint density at radius 2 is 1.89 bits per heavy atom. The fourth-order valence-electron chi connectivity index (χ4n) is 3.27. The van der Waals surface area contributed by atoms with Crippen molar-refractivity contribution < 1.29 is 9.47 Å². The number of aliphatic imine (C=N–C) groups is 1. The summed E-state index contributed by atoms with van der Waals surface area (Å²) in [5, 5.41) is 6.84. The normalized spacial score (nSPS) is 17.1. The van der Waals surface area contributed by atoms with Crippen molar-refractivity contribution in [3.05, 3.63) is 35.4 Å². The maximum atomic E-state index is 5.91. The maximum Gasteiger partial charge on any atom is 0.191 e. The van der Waals surface area contributed by atoms with Gasteiger partial charge in [0.2, 0.25) is 0 Å². The molecule has 1 aliphatic rings. The van der Waals surface area contributed by atoms with E-state index in [2.05, 4.69) is 60.7 Å². The van der Waals surface area contributed by atoms with Gasteiger partial charge in [0.1, 0.15) is 0 Å². The van der Waals surface area contributed by atoms with Gasteiger partial charge < -0.3 is 20.1 Å². The average Bonchev–Trinajstić information content (AvgIpc) is 2.67. The van der Waals surface area contributed by atoms with Crippen LogP contribution >= 0.6 is 0 Å². The number of benzene rings is 1. The molecule has 2 rings (SSSR count). The third-order valence-electron chi connectivity index (χ3n) is 4.84. The van der Waals surface area contributed by atoms with E-state index in [1.165, 1.54) is 11.1 Å². The molecule has 1 atom stereocenters. The monoisotopic (exact) mass is 375 g/mol. The lowest BCUT2D eigenvalue weighted by atomic mass is 10.00. The molecule has 0 saturated carbocycles. The van der Waals surface area contributed by atoms with Gasteiger partial charge in [0, 0.05) is 33.4 Å². The number of nitrogens with zero attached hydrogens (tertiary/aromatic N) is 1. The van der Waals surface area contributed by atoms with E-state index in [0.717, 1.165) is 58.0 Å². The minimum Gasteiger partial charge on any atom is -0.381 e. The Bertz CT molecular complexity index is 551. The van der Waals surface area contributed by atoms with Crippen molar-refractivity contribution in [2.24, 2.45) is 10.9 Å². The van der Waals surface area contributed by atoms with Crippen molar-refractivity contribution in [2.75, 3.05) is 33.4 Å². The molecule has 1 unspecified atom stereocenters. The summed E-state index contributed by atoms with van der Waals surface area (Å²) < 4.78 is 11.3. The summed E-state index contributed by atoms with van der Waals surface area (Å²) >= 11 is 0. The number of hydrogen-bond donors (Lipinski definition) is 2. The van der Waals surface area contributed by atoms with E-state index < -0.39 is 0 Å². The third-order valence-corrected chi connectivity index (χ3v) is 4.84. The largest absolute Gasteiger partial charge is 0.381 e. The van der Waals surface area contributed by atoms with Crippen LogP contribution in [0.2, 0.25) is 0 Å². The Hall–Kier alpha value is -1.59. The van der Waals surface area contributed by atoms with Gasteiger partial charge in [-0.2, -0.15) is 0 Å². The summed E-state index contributed by atoms with van der Waals surface area (Å²) in [6.07, 6.45) is 4.50. The summed E-state index contributed by atoms with van der Waals surface area (Å²) in [7, 11) is 1.81. The van der Waals surface area contributed by atoms with E-state index in [4.69, 9.17) is 9.47 Å². The molecule has 1 saturated heterocycles. The minimum atomic E-state index is 0.211. The molecule has 1 heterocycles. The van der Waals surface area contributed by atoms with Crippen LogP contribution in [0.15, 0.2) is 29.3 Å². The highest BCUT2D eigenvalue weighted by Gasteiger charge is 2.13. The van der Waals surface area contributed by atoms with Crippen molar-refractivity contribution in [3.63, 3.8) is 0 Å². The first-order valence-electron chi connectivity index (χ1n) is 10.3. The number of hydrogen-bond acceptors (Lipinski definition) is 3. The lowest BCUT2D eigenvalue weighted by Gasteiger charge is -2.22. The Labute approximate surface area is 164 Å². The number of guanidine groups is 1. The van der Waals surface area contributed by atoms with Gasteiger partial charge in [-0.05, 0) is 49.7 Å². The summed E-state index contributed by atoms with van der Waals surface area (Å²) in [5.74, 6) is 1.52. The van der Waals surface area contributed by atoms with Gasteiger partial charge in [-0.15, -0.1) is 0 Å². The van der Waals surface area contributed by atoms with Gasteiger partial charge in [0.05, 0.1) is 12.1 Å². The van der Waals surface area contributed by atoms with E-state index in [9.17, 15) is 0 Å². The van der Waals surface area contributed by atoms with Crippen LogP contribution in [0.4, 0.5) is 0 Å². The molecule has 1 aromatic rings. The quantitative estimate of drug-likeness (QED) is 0.393. The lowest BCUT2D eigenvalue weighted by Crippen LogP contribution is -2.39. The molecule has 27 heavy (non-hydrogen) atoms. The molecule has 0 bridgehead atoms. The van der Waals surface area contributed by atoms with Gasteiger partial charge in [-0.25, -0.2) is 0 Å². The second-order valence-corrected chi connectivity index (χ2v) is 7.74. The maximum absolute atomic E-state index is 5.91. The molecule has 0 aromatic heterocycles. The van der Waals surface area contributed by atoms with E-state index in [1.807, 2.05) is 7.05 Å². The fraction of sp³-hybridized carbons (Fsp3) is 0.682.